The summed E-state index contributed by atoms with van der Waals surface area (Å²) < 4.78 is 0.876. The molecule has 0 aliphatic carbocycles. The zero-order valence-electron chi connectivity index (χ0n) is 15.0. The van der Waals surface area contributed by atoms with Gasteiger partial charge in [0.2, 0.25) is 5.91 Å². The minimum atomic E-state index is -1.50. The summed E-state index contributed by atoms with van der Waals surface area (Å²) in [5, 5.41) is 15.6. The summed E-state index contributed by atoms with van der Waals surface area (Å²) in [6.07, 6.45) is 0. The lowest BCUT2D eigenvalue weighted by molar-refractivity contribution is -0.255. The van der Waals surface area contributed by atoms with Gasteiger partial charge in [-0.2, -0.15) is 5.10 Å². The summed E-state index contributed by atoms with van der Waals surface area (Å²) in [5.41, 5.74) is 1.19. The van der Waals surface area contributed by atoms with Gasteiger partial charge in [-0.25, -0.2) is 4.68 Å². The van der Waals surface area contributed by atoms with Crippen LogP contribution in [0.3, 0.4) is 0 Å². The number of carbonyl (C=O) groups excluding carboxylic acids is 2. The first-order chi connectivity index (χ1) is 12.9. The topological polar surface area (TPSA) is 95.3 Å². The largest absolute Gasteiger partial charge is 0.543 e. The van der Waals surface area contributed by atoms with Crippen molar-refractivity contribution in [3.05, 3.63) is 75.7 Å². The molecule has 0 spiro atoms. The van der Waals surface area contributed by atoms with Crippen molar-refractivity contribution in [3.63, 3.8) is 0 Å². The van der Waals surface area contributed by atoms with Crippen LogP contribution in [-0.4, -0.2) is 33.6 Å². The number of likely N-dealkylation sites (N-methyl/N-ethyl adjacent to an activating group) is 1. The average Bonchev–Trinajstić information content (AvgIpc) is 2.65. The van der Waals surface area contributed by atoms with Crippen LogP contribution in [0.15, 0.2) is 53.3 Å². The zero-order chi connectivity index (χ0) is 19.6. The van der Waals surface area contributed by atoms with E-state index in [4.69, 9.17) is 0 Å². The van der Waals surface area contributed by atoms with Crippen LogP contribution in [0.1, 0.15) is 21.6 Å². The molecular weight excluding hydrogens is 346 g/mol. The van der Waals surface area contributed by atoms with Gasteiger partial charge in [-0.05, 0) is 18.6 Å². The molecule has 0 aliphatic rings. The maximum Gasteiger partial charge on any atom is 0.275 e. The predicted molar refractivity (Wildman–Crippen MR) is 98.0 cm³/mol. The molecule has 0 aliphatic heterocycles. The second-order valence-electron chi connectivity index (χ2n) is 6.38. The third kappa shape index (κ3) is 3.87. The van der Waals surface area contributed by atoms with Crippen molar-refractivity contribution in [2.24, 2.45) is 0 Å². The second kappa shape index (κ2) is 7.41. The number of carboxylic acid groups (broad SMARTS) is 1. The summed E-state index contributed by atoms with van der Waals surface area (Å²) >= 11 is 0. The van der Waals surface area contributed by atoms with Crippen LogP contribution in [0.5, 0.6) is 0 Å². The molecule has 0 N–H and O–H groups in total. The summed E-state index contributed by atoms with van der Waals surface area (Å²) in [6, 6.07) is 14.0. The summed E-state index contributed by atoms with van der Waals surface area (Å²) in [4.78, 5) is 37.9. The molecule has 0 radical (unpaired) electrons. The van der Waals surface area contributed by atoms with Gasteiger partial charge in [0.15, 0.2) is 0 Å². The fourth-order valence-corrected chi connectivity index (χ4v) is 2.80. The fraction of sp³-hybridized carbons (Fsp3) is 0.200. The van der Waals surface area contributed by atoms with Crippen LogP contribution >= 0.6 is 0 Å². The van der Waals surface area contributed by atoms with Crippen LogP contribution in [-0.2, 0) is 17.9 Å². The molecule has 138 valence electrons. The molecule has 3 aromatic rings. The maximum atomic E-state index is 12.6. The van der Waals surface area contributed by atoms with Crippen molar-refractivity contribution < 1.29 is 14.7 Å². The molecule has 3 rings (SSSR count). The van der Waals surface area contributed by atoms with Crippen LogP contribution in [0.25, 0.3) is 10.8 Å². The van der Waals surface area contributed by atoms with Crippen LogP contribution in [0, 0.1) is 6.92 Å². The van der Waals surface area contributed by atoms with Crippen molar-refractivity contribution in [2.75, 3.05) is 7.05 Å². The van der Waals surface area contributed by atoms with E-state index in [1.807, 2.05) is 31.2 Å². The molecule has 7 heteroatoms. The van der Waals surface area contributed by atoms with Gasteiger partial charge in [0.05, 0.1) is 11.4 Å². The van der Waals surface area contributed by atoms with Gasteiger partial charge < -0.3 is 14.8 Å². The molecule has 0 bridgehead atoms. The first-order valence-corrected chi connectivity index (χ1v) is 8.37. The third-order valence-electron chi connectivity index (χ3n) is 4.31. The minimum Gasteiger partial charge on any atom is -0.543 e. The fourth-order valence-electron chi connectivity index (χ4n) is 2.80. The van der Waals surface area contributed by atoms with Crippen molar-refractivity contribution in [1.29, 1.82) is 0 Å². The first-order valence-electron chi connectivity index (χ1n) is 8.37. The summed E-state index contributed by atoms with van der Waals surface area (Å²) in [5.74, 6) is -1.86. The number of fused-ring (bicyclic) bond motifs is 1. The zero-order valence-corrected chi connectivity index (χ0v) is 15.0. The molecule has 0 saturated heterocycles. The highest BCUT2D eigenvalue weighted by Gasteiger charge is 2.16. The van der Waals surface area contributed by atoms with E-state index < -0.39 is 11.5 Å². The molecular formula is C20H18N3O4-. The van der Waals surface area contributed by atoms with Crippen molar-refractivity contribution >= 4 is 22.6 Å². The van der Waals surface area contributed by atoms with E-state index in [9.17, 15) is 19.5 Å². The van der Waals surface area contributed by atoms with E-state index in [-0.39, 0.29) is 28.9 Å². The van der Waals surface area contributed by atoms with Crippen LogP contribution < -0.4 is 10.7 Å². The molecule has 0 saturated carbocycles. The van der Waals surface area contributed by atoms with Gasteiger partial charge in [0.1, 0.15) is 12.2 Å². The average molecular weight is 364 g/mol. The Kier molecular flexibility index (Phi) is 5.03. The second-order valence-corrected chi connectivity index (χ2v) is 6.38. The molecule has 2 aromatic carbocycles. The predicted octanol–water partition coefficient (Wildman–Crippen LogP) is 0.727. The Morgan fingerprint density at radius 3 is 2.33 bits per heavy atom. The number of carboxylic acids is 1. The lowest BCUT2D eigenvalue weighted by atomic mass is 10.1. The number of benzene rings is 2. The first kappa shape index (κ1) is 18.3. The molecule has 7 nitrogen and oxygen atoms in total. The lowest BCUT2D eigenvalue weighted by Crippen LogP contribution is -2.37. The van der Waals surface area contributed by atoms with Gasteiger partial charge in [0.25, 0.3) is 5.56 Å². The van der Waals surface area contributed by atoms with E-state index in [0.29, 0.717) is 6.54 Å². The number of aryl methyl sites for hydroxylation is 1. The van der Waals surface area contributed by atoms with E-state index in [1.165, 1.54) is 17.0 Å². The smallest absolute Gasteiger partial charge is 0.275 e. The van der Waals surface area contributed by atoms with E-state index >= 15 is 0 Å². The van der Waals surface area contributed by atoms with E-state index in [0.717, 1.165) is 15.8 Å². The van der Waals surface area contributed by atoms with Gasteiger partial charge in [-0.15, -0.1) is 0 Å². The SMILES string of the molecule is Cc1ccc(CN(C)C(=O)Cn2nc(C(=O)[O-])c3ccccc3c2=O)cc1. The van der Waals surface area contributed by atoms with Gasteiger partial charge in [-0.1, -0.05) is 48.0 Å². The number of aromatic nitrogens is 2. The van der Waals surface area contributed by atoms with Crippen LogP contribution in [0.4, 0.5) is 0 Å². The highest BCUT2D eigenvalue weighted by atomic mass is 16.4. The highest BCUT2D eigenvalue weighted by molar-refractivity contribution is 6.00. The number of aromatic carboxylic acids is 1. The number of nitrogens with zero attached hydrogens (tertiary/aromatic N) is 3. The van der Waals surface area contributed by atoms with Crippen molar-refractivity contribution in [3.8, 4) is 0 Å². The molecule has 0 atom stereocenters. The highest BCUT2D eigenvalue weighted by Crippen LogP contribution is 2.13. The molecule has 1 amide bonds. The Labute approximate surface area is 155 Å². The number of carbonyl (C=O) groups is 2. The minimum absolute atomic E-state index is 0.181. The number of rotatable bonds is 5. The number of hydrogen-bond donors (Lipinski definition) is 0. The Morgan fingerprint density at radius 1 is 1.07 bits per heavy atom. The van der Waals surface area contributed by atoms with Gasteiger partial charge >= 0.3 is 0 Å². The molecule has 1 heterocycles. The van der Waals surface area contributed by atoms with Crippen LogP contribution in [0.2, 0.25) is 0 Å². The van der Waals surface area contributed by atoms with Crippen molar-refractivity contribution in [1.82, 2.24) is 14.7 Å². The molecule has 0 fully saturated rings. The Hall–Kier alpha value is -3.48. The molecule has 27 heavy (non-hydrogen) atoms. The summed E-state index contributed by atoms with van der Waals surface area (Å²) in [6.45, 7) is 1.99. The Bertz CT molecular complexity index is 1070. The standard InChI is InChI=1S/C20H19N3O4/c1-13-7-9-14(10-8-13)11-22(2)17(24)12-23-19(25)16-6-4-3-5-15(16)18(21-23)20(26)27/h3-10H,11-12H2,1-2H3,(H,26,27)/p-1. The number of amides is 1. The normalized spacial score (nSPS) is 10.7. The maximum absolute atomic E-state index is 12.6. The summed E-state index contributed by atoms with van der Waals surface area (Å²) in [7, 11) is 1.62. The lowest BCUT2D eigenvalue weighted by Gasteiger charge is -2.18. The quantitative estimate of drug-likeness (QED) is 0.665. The molecule has 1 aromatic heterocycles. The Balaban J connectivity index is 1.88. The number of hydrogen-bond acceptors (Lipinski definition) is 5. The van der Waals surface area contributed by atoms with Gasteiger partial charge in [-0.3, -0.25) is 9.59 Å². The van der Waals surface area contributed by atoms with E-state index in [2.05, 4.69) is 5.10 Å². The molecule has 0 unspecified atom stereocenters. The third-order valence-corrected chi connectivity index (χ3v) is 4.31. The van der Waals surface area contributed by atoms with Crippen molar-refractivity contribution in [2.45, 2.75) is 20.0 Å². The van der Waals surface area contributed by atoms with Gasteiger partial charge in [0, 0.05) is 19.0 Å². The Morgan fingerprint density at radius 2 is 1.70 bits per heavy atom. The monoisotopic (exact) mass is 364 g/mol. The van der Waals surface area contributed by atoms with E-state index in [1.54, 1.807) is 19.2 Å².